The Hall–Kier alpha value is 0.990. The molecule has 0 atom stereocenters. The van der Waals surface area contributed by atoms with Crippen molar-refractivity contribution in [2.45, 2.75) is 39.9 Å². The molecule has 18 heteroatoms. The van der Waals surface area contributed by atoms with Crippen LogP contribution in [0.5, 0.6) is 0 Å². The largest absolute Gasteiger partial charge is 0.501 e. The number of hydrogen-bond donors (Lipinski definition) is 1. The Balaban J connectivity index is 0.000000187. The summed E-state index contributed by atoms with van der Waals surface area (Å²) in [6.45, 7) is 7.43. The van der Waals surface area contributed by atoms with Gasteiger partial charge in [-0.15, -0.1) is 0 Å². The van der Waals surface area contributed by atoms with Crippen LogP contribution in [0.3, 0.4) is 0 Å². The van der Waals surface area contributed by atoms with Crippen LogP contribution in [-0.2, 0) is 53.2 Å². The molecule has 0 aliphatic carbocycles. The van der Waals surface area contributed by atoms with Crippen molar-refractivity contribution in [3.63, 3.8) is 0 Å². The van der Waals surface area contributed by atoms with Crippen LogP contribution in [0.1, 0.15) is 27.7 Å². The fraction of sp³-hybridized carbons (Fsp3) is 1.00. The lowest BCUT2D eigenvalue weighted by Crippen LogP contribution is -2.19. The molecule has 0 amide bonds. The molecule has 0 spiro atoms. The smallest absolute Gasteiger partial charge is 0.328 e. The van der Waals surface area contributed by atoms with Gasteiger partial charge in [0.1, 0.15) is 0 Å². The van der Waals surface area contributed by atoms with E-state index in [1.165, 1.54) is 0 Å². The molecule has 0 radical (unpaired) electrons. The molecule has 24 heavy (non-hydrogen) atoms. The normalized spacial score (nSPS) is 43.3. The molecule has 4 fully saturated rings. The molecule has 4 aliphatic rings. The molecule has 0 saturated carbocycles. The Bertz CT molecular complexity index is 509. The first kappa shape index (κ1) is 21.3. The maximum Gasteiger partial charge on any atom is 0.501 e. The van der Waals surface area contributed by atoms with Crippen LogP contribution in [-0.4, -0.2) is 17.1 Å². The summed E-state index contributed by atoms with van der Waals surface area (Å²) in [5, 5.41) is 0. The van der Waals surface area contributed by atoms with Gasteiger partial charge < -0.3 is 13.9 Å². The van der Waals surface area contributed by atoms with E-state index in [1.807, 2.05) is 27.7 Å². The van der Waals surface area contributed by atoms with E-state index in [4.69, 9.17) is 13.9 Å². The van der Waals surface area contributed by atoms with Crippen molar-refractivity contribution in [2.24, 2.45) is 0 Å². The zero-order valence-electron chi connectivity index (χ0n) is 12.7. The Labute approximate surface area is 138 Å². The third kappa shape index (κ3) is 5.49. The zero-order valence-corrected chi connectivity index (χ0v) is 17.2. The monoisotopic (exact) mass is 450 g/mol. The van der Waals surface area contributed by atoms with Crippen molar-refractivity contribution in [3.8, 4) is 0 Å². The fourth-order valence-electron chi connectivity index (χ4n) is 1.30. The molecule has 4 aliphatic heterocycles. The molecule has 1 N–H and O–H groups in total. The predicted octanol–water partition coefficient (Wildman–Crippen LogP) is 4.61. The third-order valence-electron chi connectivity index (χ3n) is 1.80. The lowest BCUT2D eigenvalue weighted by atomic mass is 10.5. The summed E-state index contributed by atoms with van der Waals surface area (Å²) >= 11 is 0. The highest BCUT2D eigenvalue weighted by molar-refractivity contribution is 7.88. The van der Waals surface area contributed by atoms with Gasteiger partial charge in [-0.25, -0.2) is 18.3 Å². The predicted molar refractivity (Wildman–Crippen MR) is 78.5 cm³/mol. The van der Waals surface area contributed by atoms with Crippen LogP contribution >= 0.6 is 39.9 Å². The van der Waals surface area contributed by atoms with E-state index in [1.54, 1.807) is 0 Å². The van der Waals surface area contributed by atoms with Crippen LogP contribution < -0.4 is 0 Å². The van der Waals surface area contributed by atoms with E-state index in [2.05, 4.69) is 25.9 Å². The standard InChI is InChI=1S/C6H15O3P.O10P4/c1-5(2)8-10(7)9-6(3)4;1-11-5-12(2)8-13(3,6-11)10-14(4,7-11)9-12/h5-7H,1-4H3;. The van der Waals surface area contributed by atoms with Crippen molar-refractivity contribution in [1.29, 1.82) is 0 Å². The van der Waals surface area contributed by atoms with Gasteiger partial charge in [0.2, 0.25) is 0 Å². The van der Waals surface area contributed by atoms with Gasteiger partial charge in [0.25, 0.3) is 0 Å². The average Bonchev–Trinajstić information content (AvgIpc) is 2.16. The highest BCUT2D eigenvalue weighted by Crippen LogP contribution is 2.99. The maximum absolute atomic E-state index is 11.3. The van der Waals surface area contributed by atoms with Crippen molar-refractivity contribution in [1.82, 2.24) is 0 Å². The van der Waals surface area contributed by atoms with Crippen molar-refractivity contribution in [2.75, 3.05) is 0 Å². The summed E-state index contributed by atoms with van der Waals surface area (Å²) in [4.78, 5) is 9.01. The van der Waals surface area contributed by atoms with Crippen molar-refractivity contribution < 1.29 is 58.1 Å². The van der Waals surface area contributed by atoms with E-state index in [9.17, 15) is 18.3 Å². The van der Waals surface area contributed by atoms with E-state index in [-0.39, 0.29) is 12.2 Å². The van der Waals surface area contributed by atoms with Gasteiger partial charge in [0, 0.05) is 0 Å². The summed E-state index contributed by atoms with van der Waals surface area (Å²) in [6, 6.07) is 0. The van der Waals surface area contributed by atoms with Crippen LogP contribution in [0.15, 0.2) is 0 Å². The Morgan fingerprint density at radius 1 is 0.667 bits per heavy atom. The molecule has 0 aromatic carbocycles. The molecule has 4 heterocycles. The summed E-state index contributed by atoms with van der Waals surface area (Å²) in [7, 11) is -19.4. The minimum atomic E-state index is -4.43. The highest BCUT2D eigenvalue weighted by Gasteiger charge is 2.74. The fourth-order valence-corrected chi connectivity index (χ4v) is 12.6. The summed E-state index contributed by atoms with van der Waals surface area (Å²) < 4.78 is 79.9. The van der Waals surface area contributed by atoms with Gasteiger partial charge in [0.05, 0.1) is 12.2 Å². The van der Waals surface area contributed by atoms with Crippen LogP contribution in [0.4, 0.5) is 0 Å². The Kier molecular flexibility index (Phi) is 6.38. The second kappa shape index (κ2) is 7.19. The molecular weight excluding hydrogens is 435 g/mol. The zero-order chi connectivity index (χ0) is 18.4. The minimum absolute atomic E-state index is 0.0230. The van der Waals surface area contributed by atoms with Gasteiger partial charge in [-0.3, -0.25) is 0 Å². The molecular formula is C6H15O13P5. The molecule has 142 valence electrons. The summed E-state index contributed by atoms with van der Waals surface area (Å²) in [5.41, 5.74) is 0. The van der Waals surface area contributed by atoms with Gasteiger partial charge >= 0.3 is 39.9 Å². The van der Waals surface area contributed by atoms with Crippen LogP contribution in [0, 0.1) is 0 Å². The molecule has 0 unspecified atom stereocenters. The maximum atomic E-state index is 11.3. The van der Waals surface area contributed by atoms with Gasteiger partial charge in [-0.1, -0.05) is 0 Å². The molecule has 0 aromatic rings. The topological polar surface area (TPSA) is 162 Å². The van der Waals surface area contributed by atoms with Crippen molar-refractivity contribution in [3.05, 3.63) is 0 Å². The van der Waals surface area contributed by atoms with E-state index in [0.29, 0.717) is 0 Å². The molecule has 13 nitrogen and oxygen atoms in total. The number of phosphoric acid groups is 4. The van der Waals surface area contributed by atoms with Crippen molar-refractivity contribution >= 4 is 39.9 Å². The summed E-state index contributed by atoms with van der Waals surface area (Å²) in [6.07, 6.45) is 0.0460. The molecule has 0 aromatic heterocycles. The first-order chi connectivity index (χ1) is 10.8. The molecule has 4 bridgehead atoms. The van der Waals surface area contributed by atoms with Crippen LogP contribution in [0.2, 0.25) is 0 Å². The third-order valence-corrected chi connectivity index (χ3v) is 12.6. The second-order valence-electron chi connectivity index (χ2n) is 4.82. The van der Waals surface area contributed by atoms with Crippen LogP contribution in [0.25, 0.3) is 0 Å². The Morgan fingerprint density at radius 2 is 0.875 bits per heavy atom. The average molecular weight is 450 g/mol. The van der Waals surface area contributed by atoms with Gasteiger partial charge in [-0.05, 0) is 27.7 Å². The van der Waals surface area contributed by atoms with Gasteiger partial charge in [0.15, 0.2) is 0 Å². The molecule has 4 rings (SSSR count). The second-order valence-corrected chi connectivity index (χ2v) is 13.2. The number of hydrogen-bond acceptors (Lipinski definition) is 13. The van der Waals surface area contributed by atoms with E-state index < -0.39 is 39.9 Å². The SMILES string of the molecule is CC(C)OP(O)OC(C)C.O=P12OP3(=O)OP(=O)(O1)OP(=O)(O2)O3. The van der Waals surface area contributed by atoms with E-state index >= 15 is 0 Å². The lowest BCUT2D eigenvalue weighted by Gasteiger charge is -2.41. The number of rotatable bonds is 4. The summed E-state index contributed by atoms with van der Waals surface area (Å²) in [5.74, 6) is 0. The van der Waals surface area contributed by atoms with Gasteiger partial charge in [-0.2, -0.15) is 25.9 Å². The molecule has 4 saturated heterocycles. The lowest BCUT2D eigenvalue weighted by molar-refractivity contribution is 0.0908. The van der Waals surface area contributed by atoms with E-state index in [0.717, 1.165) is 0 Å². The quantitative estimate of drug-likeness (QED) is 0.591. The first-order valence-corrected chi connectivity index (χ1v) is 13.2. The highest BCUT2D eigenvalue weighted by atomic mass is 31.4. The minimum Gasteiger partial charge on any atom is -0.328 e. The Morgan fingerprint density at radius 3 is 1.04 bits per heavy atom. The first-order valence-electron chi connectivity index (χ1n) is 6.27.